The maximum Gasteiger partial charge on any atom is 0.141 e. The largest absolute Gasteiger partial charge is 0.299 e. The summed E-state index contributed by atoms with van der Waals surface area (Å²) < 4.78 is 1.26. The van der Waals surface area contributed by atoms with Crippen LogP contribution in [0.3, 0.4) is 0 Å². The van der Waals surface area contributed by atoms with E-state index in [-0.39, 0.29) is 5.78 Å². The molecule has 0 amide bonds. The smallest absolute Gasteiger partial charge is 0.141 e. The maximum absolute atomic E-state index is 12.2. The molecule has 0 radical (unpaired) electrons. The molecule has 1 aromatic heterocycles. The van der Waals surface area contributed by atoms with Crippen LogP contribution in [0, 0.1) is 6.92 Å². The molecule has 0 saturated heterocycles. The van der Waals surface area contributed by atoms with Crippen molar-refractivity contribution < 1.29 is 4.79 Å². The number of carbonyl (C=O) groups is 1. The summed E-state index contributed by atoms with van der Waals surface area (Å²) in [6, 6.07) is 16.5. The van der Waals surface area contributed by atoms with E-state index in [2.05, 4.69) is 36.6 Å². The second kappa shape index (κ2) is 5.59. The Balaban J connectivity index is 1.74. The number of carbonyl (C=O) groups excluding carboxylic acids is 1. The third-order valence-electron chi connectivity index (χ3n) is 3.47. The van der Waals surface area contributed by atoms with Crippen LogP contribution >= 0.6 is 11.3 Å². The standard InChI is InChI=1S/C18H16OS/c1-13-6-8-14(9-7-13)10-16(19)11-15-12-20-18-5-3-2-4-17(15)18/h2-9,12H,10-11H2,1H3. The van der Waals surface area contributed by atoms with Gasteiger partial charge in [-0.05, 0) is 34.9 Å². The van der Waals surface area contributed by atoms with Crippen molar-refractivity contribution in [2.75, 3.05) is 0 Å². The summed E-state index contributed by atoms with van der Waals surface area (Å²) in [5, 5.41) is 3.33. The number of hydrogen-bond acceptors (Lipinski definition) is 2. The minimum atomic E-state index is 0.275. The zero-order valence-electron chi connectivity index (χ0n) is 11.4. The molecule has 0 unspecified atom stereocenters. The molecule has 0 bridgehead atoms. The van der Waals surface area contributed by atoms with E-state index in [0.717, 1.165) is 11.1 Å². The lowest BCUT2D eigenvalue weighted by molar-refractivity contribution is -0.117. The van der Waals surface area contributed by atoms with E-state index in [1.165, 1.54) is 15.6 Å². The fourth-order valence-corrected chi connectivity index (χ4v) is 3.34. The van der Waals surface area contributed by atoms with E-state index in [4.69, 9.17) is 0 Å². The van der Waals surface area contributed by atoms with Crippen LogP contribution < -0.4 is 0 Å². The van der Waals surface area contributed by atoms with Crippen LogP contribution in [0.5, 0.6) is 0 Å². The predicted molar refractivity (Wildman–Crippen MR) is 85.4 cm³/mol. The van der Waals surface area contributed by atoms with Crippen LogP contribution in [0.2, 0.25) is 0 Å². The van der Waals surface area contributed by atoms with E-state index in [1.54, 1.807) is 11.3 Å². The average Bonchev–Trinajstić information content (AvgIpc) is 2.85. The molecule has 1 heterocycles. The summed E-state index contributed by atoms with van der Waals surface area (Å²) in [5.41, 5.74) is 3.48. The second-order valence-corrected chi connectivity index (χ2v) is 6.05. The summed E-state index contributed by atoms with van der Waals surface area (Å²) in [6.45, 7) is 2.06. The molecule has 0 aliphatic heterocycles. The van der Waals surface area contributed by atoms with Crippen molar-refractivity contribution in [3.63, 3.8) is 0 Å². The van der Waals surface area contributed by atoms with Crippen LogP contribution in [0.25, 0.3) is 10.1 Å². The Hall–Kier alpha value is -1.93. The van der Waals surface area contributed by atoms with Gasteiger partial charge in [0, 0.05) is 17.5 Å². The molecule has 20 heavy (non-hydrogen) atoms. The van der Waals surface area contributed by atoms with Gasteiger partial charge in [-0.3, -0.25) is 4.79 Å². The monoisotopic (exact) mass is 280 g/mol. The molecular weight excluding hydrogens is 264 g/mol. The van der Waals surface area contributed by atoms with Gasteiger partial charge in [0.1, 0.15) is 5.78 Å². The summed E-state index contributed by atoms with van der Waals surface area (Å²) in [4.78, 5) is 12.2. The van der Waals surface area contributed by atoms with Gasteiger partial charge in [0.15, 0.2) is 0 Å². The Labute approximate surface area is 122 Å². The van der Waals surface area contributed by atoms with Crippen molar-refractivity contribution in [2.24, 2.45) is 0 Å². The first-order valence-corrected chi connectivity index (χ1v) is 7.63. The summed E-state index contributed by atoms with van der Waals surface area (Å²) >= 11 is 1.71. The van der Waals surface area contributed by atoms with Crippen molar-refractivity contribution in [1.82, 2.24) is 0 Å². The van der Waals surface area contributed by atoms with Gasteiger partial charge in [0.25, 0.3) is 0 Å². The van der Waals surface area contributed by atoms with Crippen molar-refractivity contribution in [1.29, 1.82) is 0 Å². The van der Waals surface area contributed by atoms with Crippen LogP contribution in [-0.4, -0.2) is 5.78 Å². The molecule has 3 rings (SSSR count). The first-order chi connectivity index (χ1) is 9.72. The molecule has 100 valence electrons. The van der Waals surface area contributed by atoms with Crippen molar-refractivity contribution in [3.05, 3.63) is 70.6 Å². The molecule has 0 N–H and O–H groups in total. The third-order valence-corrected chi connectivity index (χ3v) is 4.48. The fourth-order valence-electron chi connectivity index (χ4n) is 2.38. The van der Waals surface area contributed by atoms with E-state index in [9.17, 15) is 4.79 Å². The zero-order valence-corrected chi connectivity index (χ0v) is 12.2. The van der Waals surface area contributed by atoms with Crippen LogP contribution in [0.1, 0.15) is 16.7 Å². The molecule has 2 heteroatoms. The first kappa shape index (κ1) is 13.1. The van der Waals surface area contributed by atoms with Crippen molar-refractivity contribution >= 4 is 27.2 Å². The summed E-state index contributed by atoms with van der Waals surface area (Å²) in [6.07, 6.45) is 1.04. The number of ketones is 1. The van der Waals surface area contributed by atoms with Crippen LogP contribution in [0.4, 0.5) is 0 Å². The van der Waals surface area contributed by atoms with E-state index >= 15 is 0 Å². The van der Waals surface area contributed by atoms with Gasteiger partial charge < -0.3 is 0 Å². The van der Waals surface area contributed by atoms with Gasteiger partial charge in [-0.15, -0.1) is 11.3 Å². The van der Waals surface area contributed by atoms with E-state index < -0.39 is 0 Å². The van der Waals surface area contributed by atoms with Gasteiger partial charge in [-0.1, -0.05) is 48.0 Å². The van der Waals surface area contributed by atoms with Gasteiger partial charge in [-0.2, -0.15) is 0 Å². The topological polar surface area (TPSA) is 17.1 Å². The Bertz CT molecular complexity index is 737. The average molecular weight is 280 g/mol. The van der Waals surface area contributed by atoms with Crippen molar-refractivity contribution in [3.8, 4) is 0 Å². The molecule has 0 fully saturated rings. The normalized spacial score (nSPS) is 10.8. The molecule has 1 nitrogen and oxygen atoms in total. The molecule has 0 saturated carbocycles. The molecule has 0 aliphatic carbocycles. The SMILES string of the molecule is Cc1ccc(CC(=O)Cc2csc3ccccc23)cc1. The second-order valence-electron chi connectivity index (χ2n) is 5.13. The minimum Gasteiger partial charge on any atom is -0.299 e. The maximum atomic E-state index is 12.2. The van der Waals surface area contributed by atoms with Gasteiger partial charge in [0.2, 0.25) is 0 Å². The molecule has 0 aliphatic rings. The Morgan fingerprint density at radius 3 is 2.55 bits per heavy atom. The molecular formula is C18H16OS. The first-order valence-electron chi connectivity index (χ1n) is 6.75. The number of thiophene rings is 1. The lowest BCUT2D eigenvalue weighted by Gasteiger charge is -2.02. The Morgan fingerprint density at radius 2 is 1.75 bits per heavy atom. The van der Waals surface area contributed by atoms with Crippen molar-refractivity contribution in [2.45, 2.75) is 19.8 Å². The summed E-state index contributed by atoms with van der Waals surface area (Å²) in [7, 11) is 0. The number of fused-ring (bicyclic) bond motifs is 1. The molecule has 0 atom stereocenters. The fraction of sp³-hybridized carbons (Fsp3) is 0.167. The molecule has 2 aromatic carbocycles. The highest BCUT2D eigenvalue weighted by molar-refractivity contribution is 7.17. The predicted octanol–water partition coefficient (Wildman–Crippen LogP) is 4.56. The van der Waals surface area contributed by atoms with Crippen LogP contribution in [0.15, 0.2) is 53.9 Å². The highest BCUT2D eigenvalue weighted by atomic mass is 32.1. The lowest BCUT2D eigenvalue weighted by atomic mass is 10.0. The van der Waals surface area contributed by atoms with Gasteiger partial charge in [0.05, 0.1) is 0 Å². The Morgan fingerprint density at radius 1 is 1.00 bits per heavy atom. The number of benzene rings is 2. The zero-order chi connectivity index (χ0) is 13.9. The van der Waals surface area contributed by atoms with Gasteiger partial charge in [-0.25, -0.2) is 0 Å². The quantitative estimate of drug-likeness (QED) is 0.684. The number of hydrogen-bond donors (Lipinski definition) is 0. The highest BCUT2D eigenvalue weighted by Gasteiger charge is 2.09. The number of rotatable bonds is 4. The van der Waals surface area contributed by atoms with Gasteiger partial charge >= 0.3 is 0 Å². The third kappa shape index (κ3) is 2.81. The summed E-state index contributed by atoms with van der Waals surface area (Å²) in [5.74, 6) is 0.275. The Kier molecular flexibility index (Phi) is 3.66. The lowest BCUT2D eigenvalue weighted by Crippen LogP contribution is -2.06. The number of aryl methyl sites for hydroxylation is 1. The van der Waals surface area contributed by atoms with E-state index in [1.807, 2.05) is 24.3 Å². The van der Waals surface area contributed by atoms with E-state index in [0.29, 0.717) is 12.8 Å². The number of Topliss-reactive ketones (excluding diaryl/α,β-unsaturated/α-hetero) is 1. The molecule has 0 spiro atoms. The minimum absolute atomic E-state index is 0.275. The highest BCUT2D eigenvalue weighted by Crippen LogP contribution is 2.26. The molecule has 3 aromatic rings. The van der Waals surface area contributed by atoms with Crippen LogP contribution in [-0.2, 0) is 17.6 Å².